The number of carbonyl (C=O) groups is 2. The number of fused-ring (bicyclic) bond motifs is 2. The summed E-state index contributed by atoms with van der Waals surface area (Å²) in [6.45, 7) is 4.41. The average Bonchev–Trinajstić information content (AvgIpc) is 2.97. The van der Waals surface area contributed by atoms with E-state index in [2.05, 4.69) is 16.0 Å². The number of hydrogen-bond acceptors (Lipinski definition) is 3. The van der Waals surface area contributed by atoms with Crippen LogP contribution in [0.1, 0.15) is 39.5 Å². The van der Waals surface area contributed by atoms with Crippen molar-refractivity contribution in [3.8, 4) is 0 Å². The van der Waals surface area contributed by atoms with Gasteiger partial charge in [-0.1, -0.05) is 6.92 Å². The molecule has 102 valence electrons. The molecular formula is C13H23N3O2. The molecule has 4 atom stereocenters. The van der Waals surface area contributed by atoms with E-state index < -0.39 is 6.04 Å². The van der Waals surface area contributed by atoms with Crippen LogP contribution in [-0.2, 0) is 9.59 Å². The third kappa shape index (κ3) is 2.83. The minimum Gasteiger partial charge on any atom is -0.354 e. The summed E-state index contributed by atoms with van der Waals surface area (Å²) >= 11 is 0. The van der Waals surface area contributed by atoms with E-state index in [9.17, 15) is 9.59 Å². The molecule has 4 unspecified atom stereocenters. The van der Waals surface area contributed by atoms with Gasteiger partial charge in [0.1, 0.15) is 6.04 Å². The van der Waals surface area contributed by atoms with Crippen molar-refractivity contribution in [1.29, 1.82) is 0 Å². The van der Waals surface area contributed by atoms with Crippen LogP contribution in [0.15, 0.2) is 0 Å². The summed E-state index contributed by atoms with van der Waals surface area (Å²) in [6.07, 6.45) is 4.09. The lowest BCUT2D eigenvalue weighted by atomic mass is 9.88. The molecule has 5 nitrogen and oxygen atoms in total. The Morgan fingerprint density at radius 1 is 1.39 bits per heavy atom. The maximum absolute atomic E-state index is 12.1. The molecule has 0 spiro atoms. The van der Waals surface area contributed by atoms with Crippen LogP contribution in [0.2, 0.25) is 0 Å². The van der Waals surface area contributed by atoms with Gasteiger partial charge in [-0.05, 0) is 32.6 Å². The summed E-state index contributed by atoms with van der Waals surface area (Å²) in [6, 6.07) is 0.388. The van der Waals surface area contributed by atoms with Gasteiger partial charge in [0.15, 0.2) is 0 Å². The van der Waals surface area contributed by atoms with Crippen molar-refractivity contribution in [1.82, 2.24) is 16.0 Å². The van der Waals surface area contributed by atoms with Gasteiger partial charge in [0.2, 0.25) is 11.8 Å². The Morgan fingerprint density at radius 3 is 2.72 bits per heavy atom. The van der Waals surface area contributed by atoms with Gasteiger partial charge in [0.05, 0.1) is 5.92 Å². The largest absolute Gasteiger partial charge is 0.354 e. The highest BCUT2D eigenvalue weighted by atomic mass is 16.2. The molecule has 0 radical (unpaired) electrons. The summed E-state index contributed by atoms with van der Waals surface area (Å²) in [4.78, 5) is 23.8. The molecule has 2 fully saturated rings. The van der Waals surface area contributed by atoms with E-state index in [0.717, 1.165) is 19.3 Å². The summed E-state index contributed by atoms with van der Waals surface area (Å²) in [5.74, 6) is -0.0275. The molecule has 2 aliphatic heterocycles. The van der Waals surface area contributed by atoms with E-state index in [0.29, 0.717) is 18.6 Å². The van der Waals surface area contributed by atoms with Crippen LogP contribution in [0, 0.1) is 5.92 Å². The molecule has 18 heavy (non-hydrogen) atoms. The van der Waals surface area contributed by atoms with Gasteiger partial charge < -0.3 is 16.0 Å². The number of carbonyl (C=O) groups excluding carboxylic acids is 2. The Bertz CT molecular complexity index is 332. The predicted octanol–water partition coefficient (Wildman–Crippen LogP) is 0.158. The minimum absolute atomic E-state index is 0.0221. The van der Waals surface area contributed by atoms with Gasteiger partial charge in [-0.3, -0.25) is 9.59 Å². The van der Waals surface area contributed by atoms with Gasteiger partial charge in [0.25, 0.3) is 0 Å². The van der Waals surface area contributed by atoms with Crippen molar-refractivity contribution < 1.29 is 9.59 Å². The molecule has 2 aliphatic rings. The fourth-order valence-electron chi connectivity index (χ4n) is 2.90. The Kier molecular flexibility index (Phi) is 4.22. The highest BCUT2D eigenvalue weighted by Crippen LogP contribution is 2.33. The Morgan fingerprint density at radius 2 is 2.17 bits per heavy atom. The Balaban J connectivity index is 1.78. The molecular weight excluding hydrogens is 230 g/mol. The van der Waals surface area contributed by atoms with E-state index >= 15 is 0 Å². The zero-order valence-corrected chi connectivity index (χ0v) is 11.2. The number of rotatable bonds is 5. The van der Waals surface area contributed by atoms with Crippen LogP contribution in [0.4, 0.5) is 0 Å². The fourth-order valence-corrected chi connectivity index (χ4v) is 2.90. The second-order valence-corrected chi connectivity index (χ2v) is 5.41. The second kappa shape index (κ2) is 5.69. The van der Waals surface area contributed by atoms with Crippen LogP contribution >= 0.6 is 0 Å². The average molecular weight is 253 g/mol. The lowest BCUT2D eigenvalue weighted by Crippen LogP contribution is -2.48. The molecule has 2 saturated heterocycles. The smallest absolute Gasteiger partial charge is 0.242 e. The highest BCUT2D eigenvalue weighted by molar-refractivity contribution is 5.88. The SMILES string of the molecule is CCCNC(=O)C(C)NC(=O)C1CC2CCC1N2. The molecule has 0 aromatic heterocycles. The number of nitrogens with one attached hydrogen (secondary N) is 3. The molecule has 2 heterocycles. The Labute approximate surface area is 108 Å². The summed E-state index contributed by atoms with van der Waals surface area (Å²) in [5.41, 5.74) is 0. The molecule has 2 rings (SSSR count). The molecule has 2 amide bonds. The summed E-state index contributed by atoms with van der Waals surface area (Å²) in [7, 11) is 0. The molecule has 0 saturated carbocycles. The molecule has 0 aliphatic carbocycles. The van der Waals surface area contributed by atoms with Crippen molar-refractivity contribution in [2.75, 3.05) is 6.54 Å². The van der Waals surface area contributed by atoms with E-state index in [1.807, 2.05) is 6.92 Å². The van der Waals surface area contributed by atoms with Gasteiger partial charge in [0, 0.05) is 18.6 Å². The monoisotopic (exact) mass is 253 g/mol. The first-order valence-corrected chi connectivity index (χ1v) is 6.96. The van der Waals surface area contributed by atoms with Crippen LogP contribution in [0.5, 0.6) is 0 Å². The van der Waals surface area contributed by atoms with Crippen LogP contribution in [-0.4, -0.2) is 36.5 Å². The van der Waals surface area contributed by atoms with Gasteiger partial charge in [-0.2, -0.15) is 0 Å². The van der Waals surface area contributed by atoms with E-state index in [4.69, 9.17) is 0 Å². The second-order valence-electron chi connectivity index (χ2n) is 5.41. The quantitative estimate of drug-likeness (QED) is 0.653. The fraction of sp³-hybridized carbons (Fsp3) is 0.846. The highest BCUT2D eigenvalue weighted by Gasteiger charge is 2.43. The molecule has 0 aromatic carbocycles. The molecule has 0 aromatic rings. The van der Waals surface area contributed by atoms with E-state index in [1.54, 1.807) is 6.92 Å². The maximum Gasteiger partial charge on any atom is 0.242 e. The Hall–Kier alpha value is -1.10. The van der Waals surface area contributed by atoms with E-state index in [1.165, 1.54) is 6.42 Å². The van der Waals surface area contributed by atoms with Gasteiger partial charge in [-0.25, -0.2) is 0 Å². The lowest BCUT2D eigenvalue weighted by molar-refractivity contribution is -0.131. The predicted molar refractivity (Wildman–Crippen MR) is 69.0 cm³/mol. The molecule has 3 N–H and O–H groups in total. The van der Waals surface area contributed by atoms with Crippen molar-refractivity contribution >= 4 is 11.8 Å². The summed E-state index contributed by atoms with van der Waals surface area (Å²) < 4.78 is 0. The van der Waals surface area contributed by atoms with Crippen LogP contribution < -0.4 is 16.0 Å². The first-order valence-electron chi connectivity index (χ1n) is 6.96. The number of amides is 2. The van der Waals surface area contributed by atoms with Crippen molar-refractivity contribution in [2.24, 2.45) is 5.92 Å². The number of hydrogen-bond donors (Lipinski definition) is 3. The molecule has 5 heteroatoms. The normalized spacial score (nSPS) is 31.1. The first-order chi connectivity index (χ1) is 8.61. The standard InChI is InChI=1S/C13H23N3O2/c1-3-6-14-12(17)8(2)15-13(18)10-7-9-4-5-11(10)16-9/h8-11,16H,3-7H2,1-2H3,(H,14,17)(H,15,18). The van der Waals surface area contributed by atoms with Crippen molar-refractivity contribution in [3.63, 3.8) is 0 Å². The third-order valence-corrected chi connectivity index (χ3v) is 3.94. The van der Waals surface area contributed by atoms with Crippen LogP contribution in [0.25, 0.3) is 0 Å². The minimum atomic E-state index is -0.442. The summed E-state index contributed by atoms with van der Waals surface area (Å²) in [5, 5.41) is 9.05. The zero-order valence-electron chi connectivity index (χ0n) is 11.2. The van der Waals surface area contributed by atoms with E-state index in [-0.39, 0.29) is 17.7 Å². The van der Waals surface area contributed by atoms with Crippen LogP contribution in [0.3, 0.4) is 0 Å². The zero-order chi connectivity index (χ0) is 13.1. The topological polar surface area (TPSA) is 70.2 Å². The van der Waals surface area contributed by atoms with Gasteiger partial charge >= 0.3 is 0 Å². The first kappa shape index (κ1) is 13.3. The van der Waals surface area contributed by atoms with Crippen molar-refractivity contribution in [3.05, 3.63) is 0 Å². The van der Waals surface area contributed by atoms with Gasteiger partial charge in [-0.15, -0.1) is 0 Å². The third-order valence-electron chi connectivity index (χ3n) is 3.94. The maximum atomic E-state index is 12.1. The molecule has 2 bridgehead atoms. The lowest BCUT2D eigenvalue weighted by Gasteiger charge is -2.21. The van der Waals surface area contributed by atoms with Crippen molar-refractivity contribution in [2.45, 2.75) is 57.7 Å².